The van der Waals surface area contributed by atoms with Gasteiger partial charge in [-0.15, -0.1) is 0 Å². The van der Waals surface area contributed by atoms with Gasteiger partial charge in [0.15, 0.2) is 6.61 Å². The van der Waals surface area contributed by atoms with Gasteiger partial charge in [-0.1, -0.05) is 35.4 Å². The number of amides is 2. The van der Waals surface area contributed by atoms with E-state index in [1.807, 2.05) is 55.5 Å². The minimum absolute atomic E-state index is 0.0206. The van der Waals surface area contributed by atoms with Crippen LogP contribution < -0.4 is 15.0 Å². The molecule has 1 N–H and O–H groups in total. The Labute approximate surface area is 170 Å². The molecular formula is C21H24ClN3O3. The Hall–Kier alpha value is -2.73. The van der Waals surface area contributed by atoms with Gasteiger partial charge in [0.1, 0.15) is 5.75 Å². The molecule has 28 heavy (non-hydrogen) atoms. The number of benzene rings is 2. The number of aryl methyl sites for hydroxylation is 1. The van der Waals surface area contributed by atoms with Crippen LogP contribution in [-0.2, 0) is 9.59 Å². The number of hydrogen-bond acceptors (Lipinski definition) is 4. The number of hydrogen-bond donors (Lipinski definition) is 1. The zero-order valence-corrected chi connectivity index (χ0v) is 16.6. The summed E-state index contributed by atoms with van der Waals surface area (Å²) in [5.74, 6) is 0.227. The molecule has 2 aromatic carbocycles. The second-order valence-electron chi connectivity index (χ2n) is 6.73. The van der Waals surface area contributed by atoms with Crippen LogP contribution in [0, 0.1) is 6.92 Å². The van der Waals surface area contributed by atoms with E-state index in [0.717, 1.165) is 24.3 Å². The van der Waals surface area contributed by atoms with Crippen LogP contribution in [0.25, 0.3) is 0 Å². The fourth-order valence-electron chi connectivity index (χ4n) is 3.01. The third-order valence-corrected chi connectivity index (χ3v) is 4.87. The molecule has 0 aromatic heterocycles. The second kappa shape index (κ2) is 9.46. The molecule has 1 fully saturated rings. The van der Waals surface area contributed by atoms with Gasteiger partial charge in [-0.25, -0.2) is 0 Å². The zero-order chi connectivity index (χ0) is 19.9. The van der Waals surface area contributed by atoms with E-state index in [9.17, 15) is 9.59 Å². The third kappa shape index (κ3) is 5.63. The first-order chi connectivity index (χ1) is 13.5. The molecule has 0 radical (unpaired) electrons. The van der Waals surface area contributed by atoms with Crippen molar-refractivity contribution in [1.29, 1.82) is 0 Å². The van der Waals surface area contributed by atoms with Crippen LogP contribution in [-0.4, -0.2) is 56.0 Å². The van der Waals surface area contributed by atoms with Gasteiger partial charge in [-0.3, -0.25) is 9.59 Å². The highest BCUT2D eigenvalue weighted by molar-refractivity contribution is 6.30. The third-order valence-electron chi connectivity index (χ3n) is 4.63. The summed E-state index contributed by atoms with van der Waals surface area (Å²) in [6.45, 7) is 4.54. The van der Waals surface area contributed by atoms with Gasteiger partial charge in [0, 0.05) is 36.9 Å². The average Bonchev–Trinajstić information content (AvgIpc) is 2.71. The monoisotopic (exact) mass is 401 g/mol. The number of rotatable bonds is 6. The van der Waals surface area contributed by atoms with Crippen LogP contribution >= 0.6 is 11.6 Å². The molecule has 1 saturated heterocycles. The lowest BCUT2D eigenvalue weighted by molar-refractivity contribution is -0.133. The first-order valence-corrected chi connectivity index (χ1v) is 9.63. The summed E-state index contributed by atoms with van der Waals surface area (Å²) in [6, 6.07) is 15.2. The molecule has 0 bridgehead atoms. The Bertz CT molecular complexity index is 818. The summed E-state index contributed by atoms with van der Waals surface area (Å²) in [7, 11) is 0. The number of nitrogens with one attached hydrogen (secondary N) is 1. The topological polar surface area (TPSA) is 61.9 Å². The molecule has 0 saturated carbocycles. The lowest BCUT2D eigenvalue weighted by atomic mass is 10.2. The molecule has 2 aromatic rings. The van der Waals surface area contributed by atoms with E-state index in [2.05, 4.69) is 10.2 Å². The molecule has 1 aliphatic heterocycles. The molecule has 148 valence electrons. The van der Waals surface area contributed by atoms with Crippen LogP contribution in [0.4, 0.5) is 5.69 Å². The van der Waals surface area contributed by atoms with E-state index in [1.54, 1.807) is 4.90 Å². The normalized spacial score (nSPS) is 13.9. The fraction of sp³-hybridized carbons (Fsp3) is 0.333. The summed E-state index contributed by atoms with van der Waals surface area (Å²) in [5, 5.41) is 3.33. The van der Waals surface area contributed by atoms with Gasteiger partial charge in [0.2, 0.25) is 5.91 Å². The van der Waals surface area contributed by atoms with Crippen molar-refractivity contribution in [2.45, 2.75) is 6.92 Å². The van der Waals surface area contributed by atoms with Crippen LogP contribution in [0.2, 0.25) is 5.02 Å². The number of carbonyl (C=O) groups excluding carboxylic acids is 2. The first-order valence-electron chi connectivity index (χ1n) is 9.26. The number of anilines is 1. The predicted octanol–water partition coefficient (Wildman–Crippen LogP) is 2.49. The average molecular weight is 402 g/mol. The number of carbonyl (C=O) groups is 2. The minimum atomic E-state index is -0.313. The number of nitrogens with zero attached hydrogens (tertiary/aromatic N) is 2. The maximum absolute atomic E-state index is 12.3. The number of halogens is 1. The Morgan fingerprint density at radius 2 is 1.79 bits per heavy atom. The minimum Gasteiger partial charge on any atom is -0.484 e. The first kappa shape index (κ1) is 20.0. The van der Waals surface area contributed by atoms with Crippen molar-refractivity contribution in [2.75, 3.05) is 44.2 Å². The van der Waals surface area contributed by atoms with Gasteiger partial charge in [-0.2, -0.15) is 0 Å². The van der Waals surface area contributed by atoms with Gasteiger partial charge < -0.3 is 19.9 Å². The van der Waals surface area contributed by atoms with Crippen molar-refractivity contribution in [3.8, 4) is 5.75 Å². The SMILES string of the molecule is Cc1ccc(OCC(=O)NCC(=O)N2CCN(c3cccc(Cl)c3)CC2)cc1. The molecule has 6 nitrogen and oxygen atoms in total. The molecule has 3 rings (SSSR count). The number of piperazine rings is 1. The summed E-state index contributed by atoms with van der Waals surface area (Å²) in [6.07, 6.45) is 0. The van der Waals surface area contributed by atoms with Crippen molar-refractivity contribution in [3.05, 3.63) is 59.1 Å². The van der Waals surface area contributed by atoms with Crippen molar-refractivity contribution in [2.24, 2.45) is 0 Å². The Balaban J connectivity index is 1.38. The molecule has 2 amide bonds. The van der Waals surface area contributed by atoms with Gasteiger partial charge in [-0.05, 0) is 37.3 Å². The second-order valence-corrected chi connectivity index (χ2v) is 7.16. The highest BCUT2D eigenvalue weighted by atomic mass is 35.5. The summed E-state index contributed by atoms with van der Waals surface area (Å²) >= 11 is 6.04. The molecule has 0 aliphatic carbocycles. The summed E-state index contributed by atoms with van der Waals surface area (Å²) in [5.41, 5.74) is 2.18. The maximum Gasteiger partial charge on any atom is 0.258 e. The largest absolute Gasteiger partial charge is 0.484 e. The quantitative estimate of drug-likeness (QED) is 0.807. The van der Waals surface area contributed by atoms with Crippen LogP contribution in [0.5, 0.6) is 5.75 Å². The van der Waals surface area contributed by atoms with Crippen molar-refractivity contribution < 1.29 is 14.3 Å². The van der Waals surface area contributed by atoms with E-state index in [1.165, 1.54) is 0 Å². The Morgan fingerprint density at radius 1 is 1.07 bits per heavy atom. The number of ether oxygens (including phenoxy) is 1. The van der Waals surface area contributed by atoms with Crippen LogP contribution in [0.15, 0.2) is 48.5 Å². The van der Waals surface area contributed by atoms with Crippen LogP contribution in [0.1, 0.15) is 5.56 Å². The van der Waals surface area contributed by atoms with E-state index in [4.69, 9.17) is 16.3 Å². The molecular weight excluding hydrogens is 378 g/mol. The predicted molar refractivity (Wildman–Crippen MR) is 110 cm³/mol. The fourth-order valence-corrected chi connectivity index (χ4v) is 3.19. The summed E-state index contributed by atoms with van der Waals surface area (Å²) < 4.78 is 5.42. The lowest BCUT2D eigenvalue weighted by Crippen LogP contribution is -2.51. The lowest BCUT2D eigenvalue weighted by Gasteiger charge is -2.36. The standard InChI is InChI=1S/C21H24ClN3O3/c1-16-5-7-19(8-6-16)28-15-20(26)23-14-21(27)25-11-9-24(10-12-25)18-4-2-3-17(22)13-18/h2-8,13H,9-12,14-15H2,1H3,(H,23,26). The highest BCUT2D eigenvalue weighted by Crippen LogP contribution is 2.20. The molecule has 7 heteroatoms. The summed E-state index contributed by atoms with van der Waals surface area (Å²) in [4.78, 5) is 28.2. The smallest absolute Gasteiger partial charge is 0.258 e. The highest BCUT2D eigenvalue weighted by Gasteiger charge is 2.21. The van der Waals surface area contributed by atoms with Crippen molar-refractivity contribution >= 4 is 29.1 Å². The molecule has 0 atom stereocenters. The van der Waals surface area contributed by atoms with E-state index < -0.39 is 0 Å². The molecule has 0 unspecified atom stereocenters. The zero-order valence-electron chi connectivity index (χ0n) is 15.9. The van der Waals surface area contributed by atoms with Crippen LogP contribution in [0.3, 0.4) is 0 Å². The van der Waals surface area contributed by atoms with Gasteiger partial charge in [0.05, 0.1) is 6.54 Å². The van der Waals surface area contributed by atoms with Gasteiger partial charge in [0.25, 0.3) is 5.91 Å². The van der Waals surface area contributed by atoms with Gasteiger partial charge >= 0.3 is 0 Å². The Kier molecular flexibility index (Phi) is 6.76. The molecule has 0 spiro atoms. The molecule has 1 aliphatic rings. The Morgan fingerprint density at radius 3 is 2.46 bits per heavy atom. The maximum atomic E-state index is 12.3. The van der Waals surface area contributed by atoms with E-state index in [-0.39, 0.29) is 25.0 Å². The van der Waals surface area contributed by atoms with E-state index in [0.29, 0.717) is 23.9 Å². The molecule has 1 heterocycles. The van der Waals surface area contributed by atoms with Crippen molar-refractivity contribution in [1.82, 2.24) is 10.2 Å². The van der Waals surface area contributed by atoms with Crippen molar-refractivity contribution in [3.63, 3.8) is 0 Å². The van der Waals surface area contributed by atoms with E-state index >= 15 is 0 Å².